The highest BCUT2D eigenvalue weighted by Gasteiger charge is 2.18. The van der Waals surface area contributed by atoms with Gasteiger partial charge in [-0.1, -0.05) is 11.6 Å². The molecule has 3 rings (SSSR count). The fraction of sp³-hybridized carbons (Fsp3) is 0.316. The van der Waals surface area contributed by atoms with Crippen LogP contribution in [0.25, 0.3) is 0 Å². The van der Waals surface area contributed by atoms with Crippen molar-refractivity contribution in [3.63, 3.8) is 0 Å². The molecule has 150 valence electrons. The first kappa shape index (κ1) is 20.4. The lowest BCUT2D eigenvalue weighted by atomic mass is 10.2. The Morgan fingerprint density at radius 3 is 2.50 bits per heavy atom. The van der Waals surface area contributed by atoms with Crippen LogP contribution in [0.5, 0.6) is 11.5 Å². The van der Waals surface area contributed by atoms with Gasteiger partial charge in [-0.25, -0.2) is 13.1 Å². The molecule has 2 aromatic rings. The molecule has 0 aliphatic carbocycles. The summed E-state index contributed by atoms with van der Waals surface area (Å²) in [6.07, 6.45) is 1.29. The Morgan fingerprint density at radius 1 is 1.04 bits per heavy atom. The standard InChI is InChI=1S/C19H21ClN2O5S/c20-14-4-6-15(7-5-14)22-19(23)3-1-10-21-28(24,25)16-8-9-17-18(13-16)27-12-2-11-26-17/h4-9,13,21H,1-3,10-12H2,(H,22,23). The first-order valence-electron chi connectivity index (χ1n) is 8.89. The van der Waals surface area contributed by atoms with Crippen molar-refractivity contribution in [2.45, 2.75) is 24.2 Å². The SMILES string of the molecule is O=C(CCCNS(=O)(=O)c1ccc2c(c1)OCCCO2)Nc1ccc(Cl)cc1. The van der Waals surface area contributed by atoms with Crippen molar-refractivity contribution in [2.75, 3.05) is 25.1 Å². The molecule has 9 heteroatoms. The Bertz CT molecular complexity index is 932. The van der Waals surface area contributed by atoms with Crippen molar-refractivity contribution in [2.24, 2.45) is 0 Å². The van der Waals surface area contributed by atoms with E-state index in [1.165, 1.54) is 12.1 Å². The fourth-order valence-corrected chi connectivity index (χ4v) is 3.82. The van der Waals surface area contributed by atoms with E-state index in [2.05, 4.69) is 10.0 Å². The molecule has 1 aliphatic heterocycles. The van der Waals surface area contributed by atoms with Crippen LogP contribution in [0.15, 0.2) is 47.4 Å². The molecule has 1 aliphatic rings. The molecule has 0 spiro atoms. The van der Waals surface area contributed by atoms with Crippen LogP contribution in [-0.2, 0) is 14.8 Å². The Labute approximate surface area is 169 Å². The van der Waals surface area contributed by atoms with E-state index >= 15 is 0 Å². The van der Waals surface area contributed by atoms with Crippen molar-refractivity contribution < 1.29 is 22.7 Å². The lowest BCUT2D eigenvalue weighted by Crippen LogP contribution is -2.25. The number of amides is 1. The summed E-state index contributed by atoms with van der Waals surface area (Å²) in [5.74, 6) is 0.759. The van der Waals surface area contributed by atoms with Crippen LogP contribution >= 0.6 is 11.6 Å². The van der Waals surface area contributed by atoms with Gasteiger partial charge in [0.1, 0.15) is 0 Å². The van der Waals surface area contributed by atoms with Crippen LogP contribution < -0.4 is 19.5 Å². The Morgan fingerprint density at radius 2 is 1.75 bits per heavy atom. The second-order valence-corrected chi connectivity index (χ2v) is 8.42. The van der Waals surface area contributed by atoms with E-state index in [1.54, 1.807) is 30.3 Å². The molecule has 1 amide bonds. The van der Waals surface area contributed by atoms with E-state index in [0.717, 1.165) is 6.42 Å². The van der Waals surface area contributed by atoms with Gasteiger partial charge in [-0.05, 0) is 42.8 Å². The van der Waals surface area contributed by atoms with Gasteiger partial charge in [0, 0.05) is 36.2 Å². The second kappa shape index (κ2) is 9.27. The quantitative estimate of drug-likeness (QED) is 0.665. The minimum Gasteiger partial charge on any atom is -0.490 e. The molecule has 0 fully saturated rings. The zero-order chi connectivity index (χ0) is 20.0. The van der Waals surface area contributed by atoms with Crippen molar-refractivity contribution in [1.29, 1.82) is 0 Å². The Kier molecular flexibility index (Phi) is 6.77. The van der Waals surface area contributed by atoms with Crippen molar-refractivity contribution in [3.05, 3.63) is 47.5 Å². The van der Waals surface area contributed by atoms with Gasteiger partial charge in [-0.15, -0.1) is 0 Å². The number of nitrogens with one attached hydrogen (secondary N) is 2. The smallest absolute Gasteiger partial charge is 0.240 e. The zero-order valence-corrected chi connectivity index (χ0v) is 16.7. The van der Waals surface area contributed by atoms with E-state index in [1.807, 2.05) is 0 Å². The van der Waals surface area contributed by atoms with Crippen LogP contribution in [0.1, 0.15) is 19.3 Å². The van der Waals surface area contributed by atoms with E-state index in [-0.39, 0.29) is 23.8 Å². The maximum absolute atomic E-state index is 12.5. The molecule has 0 aromatic heterocycles. The highest BCUT2D eigenvalue weighted by Crippen LogP contribution is 2.31. The molecule has 28 heavy (non-hydrogen) atoms. The molecule has 0 unspecified atom stereocenters. The average Bonchev–Trinajstić information content (AvgIpc) is 2.92. The fourth-order valence-electron chi connectivity index (χ4n) is 2.61. The molecule has 0 bridgehead atoms. The van der Waals surface area contributed by atoms with Gasteiger partial charge in [0.25, 0.3) is 0 Å². The predicted octanol–water partition coefficient (Wildman–Crippen LogP) is 3.20. The monoisotopic (exact) mass is 424 g/mol. The highest BCUT2D eigenvalue weighted by atomic mass is 35.5. The Balaban J connectivity index is 1.49. The summed E-state index contributed by atoms with van der Waals surface area (Å²) in [5.41, 5.74) is 0.641. The maximum Gasteiger partial charge on any atom is 0.240 e. The van der Waals surface area contributed by atoms with Gasteiger partial charge in [0.05, 0.1) is 18.1 Å². The van der Waals surface area contributed by atoms with Crippen molar-refractivity contribution in [3.8, 4) is 11.5 Å². The average molecular weight is 425 g/mol. The number of halogens is 1. The maximum atomic E-state index is 12.5. The second-order valence-electron chi connectivity index (χ2n) is 6.22. The van der Waals surface area contributed by atoms with Gasteiger partial charge in [-0.2, -0.15) is 0 Å². The summed E-state index contributed by atoms with van der Waals surface area (Å²) in [6.45, 7) is 1.16. The largest absolute Gasteiger partial charge is 0.490 e. The molecular weight excluding hydrogens is 404 g/mol. The first-order valence-corrected chi connectivity index (χ1v) is 10.7. The molecule has 0 radical (unpaired) electrons. The van der Waals surface area contributed by atoms with Gasteiger partial charge < -0.3 is 14.8 Å². The molecule has 2 aromatic carbocycles. The molecule has 7 nitrogen and oxygen atoms in total. The lowest BCUT2D eigenvalue weighted by Gasteiger charge is -2.11. The minimum atomic E-state index is -3.70. The molecule has 0 saturated heterocycles. The van der Waals surface area contributed by atoms with Crippen LogP contribution in [0.3, 0.4) is 0 Å². The number of carbonyl (C=O) groups excluding carboxylic acids is 1. The molecule has 0 saturated carbocycles. The lowest BCUT2D eigenvalue weighted by molar-refractivity contribution is -0.116. The van der Waals surface area contributed by atoms with Crippen LogP contribution in [0.2, 0.25) is 5.02 Å². The van der Waals surface area contributed by atoms with Gasteiger partial charge in [-0.3, -0.25) is 4.79 Å². The van der Waals surface area contributed by atoms with E-state index in [9.17, 15) is 13.2 Å². The summed E-state index contributed by atoms with van der Waals surface area (Å²) < 4.78 is 38.4. The number of hydrogen-bond donors (Lipinski definition) is 2. The van der Waals surface area contributed by atoms with Gasteiger partial charge >= 0.3 is 0 Å². The summed E-state index contributed by atoms with van der Waals surface area (Å²) in [5, 5.41) is 3.32. The number of carbonyl (C=O) groups is 1. The van der Waals surface area contributed by atoms with Crippen molar-refractivity contribution >= 4 is 33.2 Å². The first-order chi connectivity index (χ1) is 13.4. The number of hydrogen-bond acceptors (Lipinski definition) is 5. The van der Waals surface area contributed by atoms with Crippen molar-refractivity contribution in [1.82, 2.24) is 4.72 Å². The van der Waals surface area contributed by atoms with Crippen LogP contribution in [-0.4, -0.2) is 34.1 Å². The number of fused-ring (bicyclic) bond motifs is 1. The van der Waals surface area contributed by atoms with Gasteiger partial charge in [0.15, 0.2) is 11.5 Å². The summed E-state index contributed by atoms with van der Waals surface area (Å²) in [7, 11) is -3.70. The van der Waals surface area contributed by atoms with Crippen LogP contribution in [0, 0.1) is 0 Å². The third kappa shape index (κ3) is 5.60. The summed E-state index contributed by atoms with van der Waals surface area (Å²) in [6, 6.07) is 11.3. The number of ether oxygens (including phenoxy) is 2. The van der Waals surface area contributed by atoms with Gasteiger partial charge in [0.2, 0.25) is 15.9 Å². The third-order valence-corrected chi connectivity index (χ3v) is 5.74. The normalized spacial score (nSPS) is 13.6. The van der Waals surface area contributed by atoms with Crippen LogP contribution in [0.4, 0.5) is 5.69 Å². The van der Waals surface area contributed by atoms with E-state index < -0.39 is 10.0 Å². The van der Waals surface area contributed by atoms with E-state index in [0.29, 0.717) is 41.8 Å². The Hall–Kier alpha value is -2.29. The highest BCUT2D eigenvalue weighted by molar-refractivity contribution is 7.89. The molecule has 0 atom stereocenters. The number of sulfonamides is 1. The topological polar surface area (TPSA) is 93.7 Å². The zero-order valence-electron chi connectivity index (χ0n) is 15.1. The van der Waals surface area contributed by atoms with E-state index in [4.69, 9.17) is 21.1 Å². The number of rotatable bonds is 7. The summed E-state index contributed by atoms with van der Waals surface area (Å²) in [4.78, 5) is 12.0. The number of anilines is 1. The predicted molar refractivity (Wildman–Crippen MR) is 107 cm³/mol. The number of benzene rings is 2. The molecular formula is C19H21ClN2O5S. The minimum absolute atomic E-state index is 0.0994. The summed E-state index contributed by atoms with van der Waals surface area (Å²) >= 11 is 5.80. The third-order valence-electron chi connectivity index (χ3n) is 4.03. The molecule has 2 N–H and O–H groups in total. The molecule has 1 heterocycles.